The highest BCUT2D eigenvalue weighted by Gasteiger charge is 1.95. The van der Waals surface area contributed by atoms with Gasteiger partial charge >= 0.3 is 0 Å². The molecule has 0 aliphatic heterocycles. The summed E-state index contributed by atoms with van der Waals surface area (Å²) >= 11 is 0. The summed E-state index contributed by atoms with van der Waals surface area (Å²) in [6.45, 7) is 2.06. The van der Waals surface area contributed by atoms with Crippen molar-refractivity contribution >= 4 is 5.78 Å². The Morgan fingerprint density at radius 2 is 2.45 bits per heavy atom. The summed E-state index contributed by atoms with van der Waals surface area (Å²) in [6, 6.07) is 1.95. The Morgan fingerprint density at radius 3 is 3.27 bits per heavy atom. The molecule has 0 fully saturated rings. The number of nitrogens with zero attached hydrogens (tertiary/aromatic N) is 4. The Labute approximate surface area is 63.9 Å². The Balaban J connectivity index is 2.67. The van der Waals surface area contributed by atoms with Crippen LogP contribution in [0.5, 0.6) is 0 Å². The van der Waals surface area contributed by atoms with Gasteiger partial charge in [-0.15, -0.1) is 0 Å². The third-order valence-electron chi connectivity index (χ3n) is 1.57. The van der Waals surface area contributed by atoms with Crippen molar-refractivity contribution in [2.75, 3.05) is 0 Å². The highest BCUT2D eigenvalue weighted by molar-refractivity contribution is 5.25. The molecule has 56 valence electrons. The van der Waals surface area contributed by atoms with Gasteiger partial charge in [-0.2, -0.15) is 10.1 Å². The van der Waals surface area contributed by atoms with Crippen LogP contribution < -0.4 is 0 Å². The van der Waals surface area contributed by atoms with E-state index in [1.54, 1.807) is 4.52 Å². The standard InChI is InChI=1S/C7H8N4/c1-2-6-3-4-11-7(10-6)8-5-9-11/h3-5H,2H2,1H3. The average Bonchev–Trinajstić information content (AvgIpc) is 2.50. The van der Waals surface area contributed by atoms with Gasteiger partial charge in [0.1, 0.15) is 6.33 Å². The monoisotopic (exact) mass is 148 g/mol. The molecule has 4 nitrogen and oxygen atoms in total. The largest absolute Gasteiger partial charge is 0.252 e. The summed E-state index contributed by atoms with van der Waals surface area (Å²) in [5.41, 5.74) is 1.05. The van der Waals surface area contributed by atoms with Crippen LogP contribution in [0, 0.1) is 0 Å². The molecule has 4 heteroatoms. The topological polar surface area (TPSA) is 43.1 Å². The molecule has 0 aliphatic carbocycles. The van der Waals surface area contributed by atoms with Crippen LogP contribution in [-0.4, -0.2) is 19.6 Å². The fourth-order valence-electron chi connectivity index (χ4n) is 0.948. The first-order valence-electron chi connectivity index (χ1n) is 3.55. The summed E-state index contributed by atoms with van der Waals surface area (Å²) in [6.07, 6.45) is 4.30. The molecule has 0 saturated heterocycles. The molecule has 0 aromatic carbocycles. The Kier molecular flexibility index (Phi) is 1.31. The van der Waals surface area contributed by atoms with E-state index < -0.39 is 0 Å². The van der Waals surface area contributed by atoms with Gasteiger partial charge in [-0.25, -0.2) is 9.50 Å². The molecule has 0 radical (unpaired) electrons. The molecule has 0 saturated carbocycles. The zero-order valence-electron chi connectivity index (χ0n) is 6.23. The van der Waals surface area contributed by atoms with E-state index in [1.807, 2.05) is 12.3 Å². The van der Waals surface area contributed by atoms with Crippen LogP contribution in [-0.2, 0) is 6.42 Å². The van der Waals surface area contributed by atoms with Gasteiger partial charge in [0, 0.05) is 11.9 Å². The maximum atomic E-state index is 4.24. The molecule has 2 aromatic heterocycles. The van der Waals surface area contributed by atoms with E-state index in [0.29, 0.717) is 5.78 Å². The molecule has 0 bridgehead atoms. The molecule has 2 aromatic rings. The lowest BCUT2D eigenvalue weighted by Crippen LogP contribution is -1.93. The SMILES string of the molecule is CCc1ccn2ncnc2n1. The second-order valence-electron chi connectivity index (χ2n) is 2.28. The summed E-state index contributed by atoms with van der Waals surface area (Å²) in [5, 5.41) is 3.94. The van der Waals surface area contributed by atoms with Gasteiger partial charge in [-0.05, 0) is 12.5 Å². The second-order valence-corrected chi connectivity index (χ2v) is 2.28. The first-order valence-corrected chi connectivity index (χ1v) is 3.55. The maximum Gasteiger partial charge on any atom is 0.252 e. The molecular formula is C7H8N4. The lowest BCUT2D eigenvalue weighted by atomic mass is 10.3. The average molecular weight is 148 g/mol. The van der Waals surface area contributed by atoms with Crippen molar-refractivity contribution in [3.8, 4) is 0 Å². The molecule has 0 spiro atoms. The van der Waals surface area contributed by atoms with E-state index in [-0.39, 0.29) is 0 Å². The van der Waals surface area contributed by atoms with Crippen molar-refractivity contribution in [2.45, 2.75) is 13.3 Å². The zero-order chi connectivity index (χ0) is 7.68. The summed E-state index contributed by atoms with van der Waals surface area (Å²) in [5.74, 6) is 0.671. The minimum absolute atomic E-state index is 0.671. The van der Waals surface area contributed by atoms with Crippen LogP contribution in [0.1, 0.15) is 12.6 Å². The lowest BCUT2D eigenvalue weighted by molar-refractivity contribution is 0.910. The van der Waals surface area contributed by atoms with Crippen molar-refractivity contribution in [3.63, 3.8) is 0 Å². The van der Waals surface area contributed by atoms with Crippen LogP contribution in [0.4, 0.5) is 0 Å². The minimum atomic E-state index is 0.671. The van der Waals surface area contributed by atoms with Crippen molar-refractivity contribution in [3.05, 3.63) is 24.3 Å². The quantitative estimate of drug-likeness (QED) is 0.597. The van der Waals surface area contributed by atoms with Gasteiger partial charge in [0.05, 0.1) is 0 Å². The van der Waals surface area contributed by atoms with Crippen LogP contribution in [0.2, 0.25) is 0 Å². The van der Waals surface area contributed by atoms with Gasteiger partial charge in [0.15, 0.2) is 0 Å². The highest BCUT2D eigenvalue weighted by atomic mass is 15.3. The number of fused-ring (bicyclic) bond motifs is 1. The molecule has 2 rings (SSSR count). The van der Waals surface area contributed by atoms with Gasteiger partial charge < -0.3 is 0 Å². The second kappa shape index (κ2) is 2.30. The van der Waals surface area contributed by atoms with Crippen LogP contribution >= 0.6 is 0 Å². The smallest absolute Gasteiger partial charge is 0.216 e. The van der Waals surface area contributed by atoms with Gasteiger partial charge in [0.25, 0.3) is 5.78 Å². The molecule has 0 unspecified atom stereocenters. The number of aryl methyl sites for hydroxylation is 1. The Morgan fingerprint density at radius 1 is 1.55 bits per heavy atom. The van der Waals surface area contributed by atoms with Crippen molar-refractivity contribution in [1.82, 2.24) is 19.6 Å². The van der Waals surface area contributed by atoms with Crippen molar-refractivity contribution in [2.24, 2.45) is 0 Å². The van der Waals surface area contributed by atoms with E-state index in [0.717, 1.165) is 12.1 Å². The molecule has 0 atom stereocenters. The van der Waals surface area contributed by atoms with Crippen LogP contribution in [0.3, 0.4) is 0 Å². The summed E-state index contributed by atoms with van der Waals surface area (Å²) < 4.78 is 1.65. The molecule has 2 heterocycles. The van der Waals surface area contributed by atoms with Crippen molar-refractivity contribution in [1.29, 1.82) is 0 Å². The number of hydrogen-bond donors (Lipinski definition) is 0. The van der Waals surface area contributed by atoms with Gasteiger partial charge in [-0.1, -0.05) is 6.92 Å². The molecule has 0 amide bonds. The fraction of sp³-hybridized carbons (Fsp3) is 0.286. The Hall–Kier alpha value is -1.45. The molecule has 0 aliphatic rings. The van der Waals surface area contributed by atoms with Crippen LogP contribution in [0.25, 0.3) is 5.78 Å². The van der Waals surface area contributed by atoms with Gasteiger partial charge in [0.2, 0.25) is 0 Å². The normalized spacial score (nSPS) is 10.6. The van der Waals surface area contributed by atoms with Crippen LogP contribution in [0.15, 0.2) is 18.6 Å². The van der Waals surface area contributed by atoms with E-state index in [2.05, 4.69) is 22.0 Å². The van der Waals surface area contributed by atoms with E-state index >= 15 is 0 Å². The molecule has 11 heavy (non-hydrogen) atoms. The third kappa shape index (κ3) is 0.960. The number of rotatable bonds is 1. The fourth-order valence-corrected chi connectivity index (χ4v) is 0.948. The first kappa shape index (κ1) is 6.27. The third-order valence-corrected chi connectivity index (χ3v) is 1.57. The van der Waals surface area contributed by atoms with Gasteiger partial charge in [-0.3, -0.25) is 0 Å². The molecular weight excluding hydrogens is 140 g/mol. The van der Waals surface area contributed by atoms with E-state index in [1.165, 1.54) is 6.33 Å². The first-order chi connectivity index (χ1) is 5.40. The summed E-state index contributed by atoms with van der Waals surface area (Å²) in [4.78, 5) is 8.21. The van der Waals surface area contributed by atoms with E-state index in [4.69, 9.17) is 0 Å². The predicted octanol–water partition coefficient (Wildman–Crippen LogP) is 0.687. The Bertz CT molecular complexity index is 365. The lowest BCUT2D eigenvalue weighted by Gasteiger charge is -1.93. The maximum absolute atomic E-state index is 4.24. The van der Waals surface area contributed by atoms with E-state index in [9.17, 15) is 0 Å². The van der Waals surface area contributed by atoms with Crippen molar-refractivity contribution < 1.29 is 0 Å². The minimum Gasteiger partial charge on any atom is -0.216 e. The zero-order valence-corrected chi connectivity index (χ0v) is 6.23. The molecule has 0 N–H and O–H groups in total. The number of aromatic nitrogens is 4. The summed E-state index contributed by atoms with van der Waals surface area (Å²) in [7, 11) is 0. The highest BCUT2D eigenvalue weighted by Crippen LogP contribution is 1.97. The predicted molar refractivity (Wildman–Crippen MR) is 40.2 cm³/mol. The number of hydrogen-bond acceptors (Lipinski definition) is 3.